The Balaban J connectivity index is 1.68. The molecule has 2 aromatic heterocycles. The maximum Gasteiger partial charge on any atom is 0.227 e. The minimum Gasteiger partial charge on any atom is -0.359 e. The van der Waals surface area contributed by atoms with Gasteiger partial charge in [-0.05, 0) is 36.2 Å². The Kier molecular flexibility index (Phi) is 5.05. The zero-order valence-corrected chi connectivity index (χ0v) is 17.3. The number of nitrogens with one attached hydrogen (secondary N) is 1. The van der Waals surface area contributed by atoms with Crippen molar-refractivity contribution in [2.24, 2.45) is 0 Å². The lowest BCUT2D eigenvalue weighted by atomic mass is 10.0. The zero-order valence-electron chi connectivity index (χ0n) is 15.7. The van der Waals surface area contributed by atoms with Crippen LogP contribution in [0.1, 0.15) is 17.0 Å². The van der Waals surface area contributed by atoms with Gasteiger partial charge in [0.1, 0.15) is 0 Å². The van der Waals surface area contributed by atoms with E-state index < -0.39 is 0 Å². The summed E-state index contributed by atoms with van der Waals surface area (Å²) in [4.78, 5) is 18.1. The highest BCUT2D eigenvalue weighted by Crippen LogP contribution is 2.32. The molecule has 0 radical (unpaired) electrons. The van der Waals surface area contributed by atoms with E-state index >= 15 is 0 Å². The minimum atomic E-state index is 0.0205. The van der Waals surface area contributed by atoms with Gasteiger partial charge in [-0.2, -0.15) is 0 Å². The van der Waals surface area contributed by atoms with Crippen LogP contribution in [0.3, 0.4) is 0 Å². The van der Waals surface area contributed by atoms with Crippen LogP contribution >= 0.6 is 15.9 Å². The summed E-state index contributed by atoms with van der Waals surface area (Å²) in [5.41, 5.74) is 4.85. The van der Waals surface area contributed by atoms with Gasteiger partial charge in [-0.1, -0.05) is 51.4 Å². The molecule has 0 fully saturated rings. The number of hydrogen-bond donors (Lipinski definition) is 1. The van der Waals surface area contributed by atoms with Gasteiger partial charge in [-0.25, -0.2) is 0 Å². The third kappa shape index (κ3) is 3.73. The smallest absolute Gasteiger partial charge is 0.227 e. The van der Waals surface area contributed by atoms with Crippen LogP contribution in [0, 0.1) is 6.92 Å². The van der Waals surface area contributed by atoms with Crippen molar-refractivity contribution in [3.8, 4) is 11.3 Å². The van der Waals surface area contributed by atoms with E-state index in [0.717, 1.165) is 37.9 Å². The summed E-state index contributed by atoms with van der Waals surface area (Å²) in [6.45, 7) is 2.26. The van der Waals surface area contributed by atoms with E-state index in [1.807, 2.05) is 43.3 Å². The lowest BCUT2D eigenvalue weighted by Gasteiger charge is -2.16. The molecule has 0 saturated carbocycles. The molecule has 1 N–H and O–H groups in total. The SMILES string of the molecule is Cc1cc(CN(C)C(=O)Cc2c(-c3ccccc3)[nH]c3ccc(Br)cc23)on1. The molecule has 0 unspecified atom stereocenters. The molecule has 0 atom stereocenters. The number of carbonyl (C=O) groups excluding carboxylic acids is 1. The first-order valence-corrected chi connectivity index (χ1v) is 9.82. The minimum absolute atomic E-state index is 0.0205. The van der Waals surface area contributed by atoms with Crippen molar-refractivity contribution >= 4 is 32.7 Å². The number of aromatic amines is 1. The average molecular weight is 438 g/mol. The molecule has 0 aliphatic rings. The highest BCUT2D eigenvalue weighted by molar-refractivity contribution is 9.10. The number of carbonyl (C=O) groups is 1. The highest BCUT2D eigenvalue weighted by Gasteiger charge is 2.19. The number of nitrogens with zero attached hydrogens (tertiary/aromatic N) is 2. The van der Waals surface area contributed by atoms with Gasteiger partial charge in [0.15, 0.2) is 5.76 Å². The van der Waals surface area contributed by atoms with E-state index in [2.05, 4.69) is 44.3 Å². The number of benzene rings is 2. The number of hydrogen-bond acceptors (Lipinski definition) is 3. The standard InChI is InChI=1S/C22H20BrN3O2/c1-14-10-17(28-25-14)13-26(2)21(27)12-19-18-11-16(23)8-9-20(18)24-22(19)15-6-4-3-5-7-15/h3-11,24H,12-13H2,1-2H3. The molecule has 28 heavy (non-hydrogen) atoms. The van der Waals surface area contributed by atoms with Gasteiger partial charge >= 0.3 is 0 Å². The molecule has 0 saturated heterocycles. The Morgan fingerprint density at radius 2 is 1.96 bits per heavy atom. The van der Waals surface area contributed by atoms with E-state index in [-0.39, 0.29) is 5.91 Å². The van der Waals surface area contributed by atoms with E-state index in [1.165, 1.54) is 0 Å². The second kappa shape index (κ2) is 7.64. The fourth-order valence-corrected chi connectivity index (χ4v) is 3.71. The van der Waals surface area contributed by atoms with Crippen molar-refractivity contribution in [1.82, 2.24) is 15.0 Å². The molecule has 5 nitrogen and oxygen atoms in total. The number of rotatable bonds is 5. The van der Waals surface area contributed by atoms with E-state index in [1.54, 1.807) is 11.9 Å². The number of aryl methyl sites for hydroxylation is 1. The van der Waals surface area contributed by atoms with Crippen molar-refractivity contribution in [3.05, 3.63) is 76.1 Å². The summed E-state index contributed by atoms with van der Waals surface area (Å²) in [7, 11) is 1.78. The fourth-order valence-electron chi connectivity index (χ4n) is 3.35. The fraction of sp³-hybridized carbons (Fsp3) is 0.182. The maximum atomic E-state index is 13.0. The monoisotopic (exact) mass is 437 g/mol. The van der Waals surface area contributed by atoms with Gasteiger partial charge in [0, 0.05) is 28.5 Å². The Morgan fingerprint density at radius 1 is 1.18 bits per heavy atom. The lowest BCUT2D eigenvalue weighted by molar-refractivity contribution is -0.129. The van der Waals surface area contributed by atoms with Crippen LogP contribution in [0.2, 0.25) is 0 Å². The largest absolute Gasteiger partial charge is 0.359 e. The third-order valence-corrected chi connectivity index (χ3v) is 5.25. The predicted molar refractivity (Wildman–Crippen MR) is 113 cm³/mol. The molecule has 0 spiro atoms. The van der Waals surface area contributed by atoms with Crippen LogP contribution in [-0.2, 0) is 17.8 Å². The quantitative estimate of drug-likeness (QED) is 0.472. The Morgan fingerprint density at radius 3 is 2.68 bits per heavy atom. The van der Waals surface area contributed by atoms with Gasteiger partial charge in [-0.3, -0.25) is 4.79 Å². The van der Waals surface area contributed by atoms with Gasteiger partial charge in [0.25, 0.3) is 0 Å². The predicted octanol–water partition coefficient (Wildman–Crippen LogP) is 5.09. The number of H-pyrrole nitrogens is 1. The van der Waals surface area contributed by atoms with Crippen LogP contribution in [0.25, 0.3) is 22.2 Å². The Labute approximate surface area is 171 Å². The average Bonchev–Trinajstić information content (AvgIpc) is 3.26. The van der Waals surface area contributed by atoms with E-state index in [4.69, 9.17) is 4.52 Å². The number of halogens is 1. The summed E-state index contributed by atoms with van der Waals surface area (Å²) in [6.07, 6.45) is 0.296. The zero-order chi connectivity index (χ0) is 19.7. The molecular weight excluding hydrogens is 418 g/mol. The number of aromatic nitrogens is 2. The third-order valence-electron chi connectivity index (χ3n) is 4.75. The summed E-state index contributed by atoms with van der Waals surface area (Å²) in [5.74, 6) is 0.699. The molecule has 2 heterocycles. The molecule has 142 valence electrons. The number of fused-ring (bicyclic) bond motifs is 1. The first-order chi connectivity index (χ1) is 13.5. The molecule has 0 aliphatic heterocycles. The van der Waals surface area contributed by atoms with E-state index in [0.29, 0.717) is 18.7 Å². The van der Waals surface area contributed by atoms with Crippen molar-refractivity contribution in [2.45, 2.75) is 19.9 Å². The van der Waals surface area contributed by atoms with Gasteiger partial charge in [0.2, 0.25) is 5.91 Å². The van der Waals surface area contributed by atoms with Gasteiger partial charge in [0.05, 0.1) is 24.4 Å². The topological polar surface area (TPSA) is 62.1 Å². The summed E-state index contributed by atoms with van der Waals surface area (Å²) in [5, 5.41) is 4.93. The van der Waals surface area contributed by atoms with Crippen LogP contribution in [0.4, 0.5) is 0 Å². The first-order valence-electron chi connectivity index (χ1n) is 9.03. The molecular formula is C22H20BrN3O2. The highest BCUT2D eigenvalue weighted by atomic mass is 79.9. The normalized spacial score (nSPS) is 11.1. The first kappa shape index (κ1) is 18.5. The Hall–Kier alpha value is -2.86. The second-order valence-corrected chi connectivity index (χ2v) is 7.81. The molecule has 4 aromatic rings. The van der Waals surface area contributed by atoms with Crippen LogP contribution in [0.5, 0.6) is 0 Å². The maximum absolute atomic E-state index is 13.0. The van der Waals surface area contributed by atoms with Crippen LogP contribution < -0.4 is 0 Å². The lowest BCUT2D eigenvalue weighted by Crippen LogP contribution is -2.27. The van der Waals surface area contributed by atoms with Crippen LogP contribution in [-0.4, -0.2) is 28.0 Å². The molecule has 2 aromatic carbocycles. The van der Waals surface area contributed by atoms with E-state index in [9.17, 15) is 4.79 Å². The second-order valence-electron chi connectivity index (χ2n) is 6.90. The molecule has 1 amide bonds. The Bertz CT molecular complexity index is 1130. The molecule has 6 heteroatoms. The number of likely N-dealkylation sites (N-methyl/N-ethyl adjacent to an activating group) is 1. The summed E-state index contributed by atoms with van der Waals surface area (Å²) >= 11 is 3.55. The van der Waals surface area contributed by atoms with Gasteiger partial charge < -0.3 is 14.4 Å². The molecule has 0 bridgehead atoms. The summed E-state index contributed by atoms with van der Waals surface area (Å²) < 4.78 is 6.23. The van der Waals surface area contributed by atoms with Crippen molar-refractivity contribution in [2.75, 3.05) is 7.05 Å². The van der Waals surface area contributed by atoms with Gasteiger partial charge in [-0.15, -0.1) is 0 Å². The number of amides is 1. The van der Waals surface area contributed by atoms with Crippen molar-refractivity contribution < 1.29 is 9.32 Å². The molecule has 4 rings (SSSR count). The van der Waals surface area contributed by atoms with Crippen molar-refractivity contribution in [1.29, 1.82) is 0 Å². The summed E-state index contributed by atoms with van der Waals surface area (Å²) in [6, 6.07) is 18.0. The van der Waals surface area contributed by atoms with Crippen LogP contribution in [0.15, 0.2) is 63.6 Å². The van der Waals surface area contributed by atoms with Crippen molar-refractivity contribution in [3.63, 3.8) is 0 Å². The molecule has 0 aliphatic carbocycles.